The second-order valence-electron chi connectivity index (χ2n) is 3.90. The summed E-state index contributed by atoms with van der Waals surface area (Å²) in [6, 6.07) is 8.59. The molecule has 19 heavy (non-hydrogen) atoms. The molecule has 2 aromatic rings. The largest absolute Gasteiger partial charge is 0.433 e. The van der Waals surface area contributed by atoms with Gasteiger partial charge in [-0.2, -0.15) is 13.2 Å². The van der Waals surface area contributed by atoms with Crippen molar-refractivity contribution < 1.29 is 18.3 Å². The van der Waals surface area contributed by atoms with Crippen LogP contribution in [-0.4, -0.2) is 10.1 Å². The summed E-state index contributed by atoms with van der Waals surface area (Å²) in [7, 11) is 0. The van der Waals surface area contributed by atoms with Crippen LogP contribution in [0.25, 0.3) is 0 Å². The first-order valence-corrected chi connectivity index (χ1v) is 5.73. The number of alkyl halides is 3. The second kappa shape index (κ2) is 5.19. The lowest BCUT2D eigenvalue weighted by Crippen LogP contribution is -2.09. The molecule has 0 spiro atoms. The van der Waals surface area contributed by atoms with E-state index in [9.17, 15) is 18.3 Å². The number of benzene rings is 1. The Kier molecular flexibility index (Phi) is 3.78. The van der Waals surface area contributed by atoms with Gasteiger partial charge in [0.1, 0.15) is 11.8 Å². The van der Waals surface area contributed by atoms with Gasteiger partial charge in [0.15, 0.2) is 0 Å². The van der Waals surface area contributed by atoms with Gasteiger partial charge in [0.25, 0.3) is 0 Å². The predicted octanol–water partition coefficient (Wildman–Crippen LogP) is 3.84. The molecule has 2 rings (SSSR count). The number of aromatic nitrogens is 1. The van der Waals surface area contributed by atoms with Crippen LogP contribution in [0.4, 0.5) is 13.2 Å². The van der Waals surface area contributed by atoms with E-state index in [1.807, 2.05) is 0 Å². The van der Waals surface area contributed by atoms with Crippen molar-refractivity contribution in [3.8, 4) is 0 Å². The topological polar surface area (TPSA) is 33.1 Å². The Morgan fingerprint density at radius 1 is 1.11 bits per heavy atom. The monoisotopic (exact) mass is 287 g/mol. The third-order valence-corrected chi connectivity index (χ3v) is 2.94. The molecule has 0 fully saturated rings. The molecule has 1 atom stereocenters. The van der Waals surface area contributed by atoms with Crippen molar-refractivity contribution in [3.05, 3.63) is 64.4 Å². The van der Waals surface area contributed by atoms with Gasteiger partial charge in [-0.3, -0.25) is 4.98 Å². The lowest BCUT2D eigenvalue weighted by atomic mass is 10.0. The molecule has 0 radical (unpaired) electrons. The van der Waals surface area contributed by atoms with Gasteiger partial charge in [-0.1, -0.05) is 35.9 Å². The number of hydrogen-bond donors (Lipinski definition) is 1. The van der Waals surface area contributed by atoms with Crippen molar-refractivity contribution >= 4 is 11.6 Å². The molecule has 0 saturated heterocycles. The number of halogens is 4. The summed E-state index contributed by atoms with van der Waals surface area (Å²) in [5, 5.41) is 10.4. The van der Waals surface area contributed by atoms with Crippen molar-refractivity contribution in [3.63, 3.8) is 0 Å². The standard InChI is InChI=1S/C13H9ClF3NO/c14-10-4-2-1-3-9(10)12(19)8-5-6-11(18-7-8)13(15,16)17/h1-7,12,19H. The minimum absolute atomic E-state index is 0.251. The number of pyridine rings is 1. The van der Waals surface area contributed by atoms with Crippen molar-refractivity contribution in [2.24, 2.45) is 0 Å². The minimum atomic E-state index is -4.49. The van der Waals surface area contributed by atoms with Crippen LogP contribution in [0.2, 0.25) is 5.02 Å². The number of aliphatic hydroxyl groups is 1. The first kappa shape index (κ1) is 13.8. The highest BCUT2D eigenvalue weighted by Gasteiger charge is 2.32. The lowest BCUT2D eigenvalue weighted by Gasteiger charge is -2.13. The highest BCUT2D eigenvalue weighted by atomic mass is 35.5. The average Bonchev–Trinajstić information content (AvgIpc) is 2.38. The van der Waals surface area contributed by atoms with E-state index in [0.29, 0.717) is 10.6 Å². The molecule has 0 amide bonds. The highest BCUT2D eigenvalue weighted by molar-refractivity contribution is 6.31. The summed E-state index contributed by atoms with van der Waals surface area (Å²) < 4.78 is 37.1. The van der Waals surface area contributed by atoms with Crippen molar-refractivity contribution in [1.82, 2.24) is 4.98 Å². The maximum atomic E-state index is 12.4. The zero-order valence-corrected chi connectivity index (χ0v) is 10.3. The summed E-state index contributed by atoms with van der Waals surface area (Å²) >= 11 is 5.91. The Hall–Kier alpha value is -1.59. The molecular formula is C13H9ClF3NO. The first-order valence-electron chi connectivity index (χ1n) is 5.35. The molecule has 1 heterocycles. The van der Waals surface area contributed by atoms with Crippen LogP contribution < -0.4 is 0 Å². The summed E-state index contributed by atoms with van der Waals surface area (Å²) in [6.07, 6.45) is -4.60. The SMILES string of the molecule is OC(c1ccc(C(F)(F)F)nc1)c1ccccc1Cl. The van der Waals surface area contributed by atoms with Crippen molar-refractivity contribution in [2.45, 2.75) is 12.3 Å². The lowest BCUT2D eigenvalue weighted by molar-refractivity contribution is -0.141. The van der Waals surface area contributed by atoms with Crippen LogP contribution >= 0.6 is 11.6 Å². The van der Waals surface area contributed by atoms with Crippen molar-refractivity contribution in [1.29, 1.82) is 0 Å². The van der Waals surface area contributed by atoms with E-state index >= 15 is 0 Å². The number of hydrogen-bond acceptors (Lipinski definition) is 2. The third-order valence-electron chi connectivity index (χ3n) is 2.59. The predicted molar refractivity (Wildman–Crippen MR) is 64.8 cm³/mol. The van der Waals surface area contributed by atoms with E-state index in [1.54, 1.807) is 24.3 Å². The third kappa shape index (κ3) is 3.05. The quantitative estimate of drug-likeness (QED) is 0.910. The van der Waals surface area contributed by atoms with Crippen LogP contribution in [0.3, 0.4) is 0 Å². The molecule has 1 aromatic carbocycles. The van der Waals surface area contributed by atoms with Gasteiger partial charge >= 0.3 is 6.18 Å². The fraction of sp³-hybridized carbons (Fsp3) is 0.154. The number of aliphatic hydroxyl groups excluding tert-OH is 1. The zero-order valence-electron chi connectivity index (χ0n) is 9.53. The van der Waals surface area contributed by atoms with Crippen LogP contribution in [0.1, 0.15) is 22.9 Å². The Morgan fingerprint density at radius 2 is 1.79 bits per heavy atom. The van der Waals surface area contributed by atoms with Crippen LogP contribution in [-0.2, 0) is 6.18 Å². The Labute approximate surface area is 112 Å². The Balaban J connectivity index is 2.31. The van der Waals surface area contributed by atoms with Crippen LogP contribution in [0, 0.1) is 0 Å². The number of nitrogens with zero attached hydrogens (tertiary/aromatic N) is 1. The maximum absolute atomic E-state index is 12.4. The van der Waals surface area contributed by atoms with E-state index in [-0.39, 0.29) is 5.56 Å². The molecule has 6 heteroatoms. The molecule has 1 aromatic heterocycles. The van der Waals surface area contributed by atoms with Gasteiger partial charge in [-0.15, -0.1) is 0 Å². The molecule has 0 aliphatic heterocycles. The van der Waals surface area contributed by atoms with Gasteiger partial charge < -0.3 is 5.11 Å². The van der Waals surface area contributed by atoms with E-state index in [4.69, 9.17) is 11.6 Å². The Morgan fingerprint density at radius 3 is 2.32 bits per heavy atom. The molecule has 2 nitrogen and oxygen atoms in total. The first-order chi connectivity index (χ1) is 8.89. The molecule has 0 saturated carbocycles. The smallest absolute Gasteiger partial charge is 0.384 e. The maximum Gasteiger partial charge on any atom is 0.433 e. The second-order valence-corrected chi connectivity index (χ2v) is 4.31. The summed E-state index contributed by atoms with van der Waals surface area (Å²) in [6.45, 7) is 0. The van der Waals surface area contributed by atoms with Crippen LogP contribution in [0.15, 0.2) is 42.6 Å². The summed E-state index contributed by atoms with van der Waals surface area (Å²) in [4.78, 5) is 3.30. The minimum Gasteiger partial charge on any atom is -0.384 e. The fourth-order valence-electron chi connectivity index (χ4n) is 1.61. The van der Waals surface area contributed by atoms with Gasteiger partial charge in [-0.25, -0.2) is 0 Å². The van der Waals surface area contributed by atoms with Gasteiger partial charge in [-0.05, 0) is 12.1 Å². The van der Waals surface area contributed by atoms with E-state index in [2.05, 4.69) is 4.98 Å². The summed E-state index contributed by atoms with van der Waals surface area (Å²) in [5.41, 5.74) is -0.325. The Bertz CT molecular complexity index is 569. The molecule has 1 N–H and O–H groups in total. The summed E-state index contributed by atoms with van der Waals surface area (Å²) in [5.74, 6) is 0. The van der Waals surface area contributed by atoms with Gasteiger partial charge in [0.2, 0.25) is 0 Å². The van der Waals surface area contributed by atoms with Crippen molar-refractivity contribution in [2.75, 3.05) is 0 Å². The average molecular weight is 288 g/mol. The molecule has 0 aliphatic carbocycles. The van der Waals surface area contributed by atoms with Gasteiger partial charge in [0.05, 0.1) is 0 Å². The van der Waals surface area contributed by atoms with Gasteiger partial charge in [0, 0.05) is 22.3 Å². The van der Waals surface area contributed by atoms with E-state index in [1.165, 1.54) is 6.07 Å². The highest BCUT2D eigenvalue weighted by Crippen LogP contribution is 2.30. The number of rotatable bonds is 2. The molecule has 100 valence electrons. The van der Waals surface area contributed by atoms with E-state index in [0.717, 1.165) is 12.3 Å². The fourth-order valence-corrected chi connectivity index (χ4v) is 1.85. The molecule has 1 unspecified atom stereocenters. The molecular weight excluding hydrogens is 279 g/mol. The van der Waals surface area contributed by atoms with E-state index < -0.39 is 18.0 Å². The normalized spacial score (nSPS) is 13.3. The molecule has 0 aliphatic rings. The van der Waals surface area contributed by atoms with Crippen LogP contribution in [0.5, 0.6) is 0 Å². The zero-order chi connectivity index (χ0) is 14.0. The molecule has 0 bridgehead atoms.